The molecule has 0 atom stereocenters. The van der Waals surface area contributed by atoms with Gasteiger partial charge >= 0.3 is 0 Å². The molecular weight excluding hydrogens is 248 g/mol. The zero-order valence-corrected chi connectivity index (χ0v) is 10.6. The third kappa shape index (κ3) is 1.58. The SMILES string of the molecule is COc1ccccc1-c1nnc2scc(CN)n12. The van der Waals surface area contributed by atoms with Crippen molar-refractivity contribution in [1.29, 1.82) is 0 Å². The lowest BCUT2D eigenvalue weighted by Crippen LogP contribution is -2.02. The van der Waals surface area contributed by atoms with E-state index in [1.54, 1.807) is 7.11 Å². The maximum atomic E-state index is 5.74. The van der Waals surface area contributed by atoms with Gasteiger partial charge in [-0.25, -0.2) is 0 Å². The van der Waals surface area contributed by atoms with Gasteiger partial charge in [0.1, 0.15) is 5.75 Å². The summed E-state index contributed by atoms with van der Waals surface area (Å²) in [4.78, 5) is 0.844. The molecule has 18 heavy (non-hydrogen) atoms. The Morgan fingerprint density at radius 2 is 2.17 bits per heavy atom. The number of benzene rings is 1. The number of rotatable bonds is 3. The fourth-order valence-corrected chi connectivity index (χ4v) is 2.76. The molecule has 2 aromatic heterocycles. The van der Waals surface area contributed by atoms with Crippen LogP contribution < -0.4 is 10.5 Å². The minimum Gasteiger partial charge on any atom is -0.496 e. The first-order chi connectivity index (χ1) is 8.85. The van der Waals surface area contributed by atoms with E-state index in [4.69, 9.17) is 10.5 Å². The molecule has 0 saturated carbocycles. The van der Waals surface area contributed by atoms with E-state index >= 15 is 0 Å². The molecule has 2 heterocycles. The highest BCUT2D eigenvalue weighted by Gasteiger charge is 2.15. The summed E-state index contributed by atoms with van der Waals surface area (Å²) >= 11 is 1.54. The molecule has 0 unspecified atom stereocenters. The Morgan fingerprint density at radius 3 is 2.94 bits per heavy atom. The van der Waals surface area contributed by atoms with E-state index in [2.05, 4.69) is 10.2 Å². The van der Waals surface area contributed by atoms with Gasteiger partial charge < -0.3 is 10.5 Å². The van der Waals surface area contributed by atoms with E-state index in [1.807, 2.05) is 34.0 Å². The highest BCUT2D eigenvalue weighted by atomic mass is 32.1. The Balaban J connectivity index is 2.28. The van der Waals surface area contributed by atoms with Crippen LogP contribution in [0.5, 0.6) is 5.75 Å². The standard InChI is InChI=1S/C12H12N4OS/c1-17-10-5-3-2-4-9(10)11-14-15-12-16(11)8(6-13)7-18-12/h2-5,7H,6,13H2,1H3. The highest BCUT2D eigenvalue weighted by Crippen LogP contribution is 2.30. The van der Waals surface area contributed by atoms with Gasteiger partial charge in [-0.3, -0.25) is 4.40 Å². The monoisotopic (exact) mass is 260 g/mol. The number of hydrogen-bond acceptors (Lipinski definition) is 5. The number of ether oxygens (including phenoxy) is 1. The number of para-hydroxylation sites is 1. The Labute approximate surface area is 108 Å². The van der Waals surface area contributed by atoms with Gasteiger partial charge in [0.2, 0.25) is 4.96 Å². The predicted octanol–water partition coefficient (Wildman–Crippen LogP) is 1.93. The van der Waals surface area contributed by atoms with Crippen LogP contribution in [0, 0.1) is 0 Å². The van der Waals surface area contributed by atoms with Crippen LogP contribution in [0.15, 0.2) is 29.6 Å². The van der Waals surface area contributed by atoms with Gasteiger partial charge in [-0.15, -0.1) is 21.5 Å². The zero-order chi connectivity index (χ0) is 12.5. The van der Waals surface area contributed by atoms with Gasteiger partial charge in [0.15, 0.2) is 5.82 Å². The molecule has 0 aliphatic heterocycles. The second kappa shape index (κ2) is 4.40. The lowest BCUT2D eigenvalue weighted by Gasteiger charge is -2.06. The van der Waals surface area contributed by atoms with Crippen LogP contribution in [0.2, 0.25) is 0 Å². The van der Waals surface area contributed by atoms with E-state index in [0.29, 0.717) is 6.54 Å². The van der Waals surface area contributed by atoms with Crippen molar-refractivity contribution >= 4 is 16.3 Å². The molecule has 3 rings (SSSR count). The largest absolute Gasteiger partial charge is 0.496 e. The summed E-state index contributed by atoms with van der Waals surface area (Å²) in [6, 6.07) is 7.75. The Kier molecular flexibility index (Phi) is 2.73. The Morgan fingerprint density at radius 1 is 1.33 bits per heavy atom. The molecule has 0 fully saturated rings. The van der Waals surface area contributed by atoms with Crippen molar-refractivity contribution in [2.45, 2.75) is 6.54 Å². The number of nitrogens with two attached hydrogens (primary N) is 1. The predicted molar refractivity (Wildman–Crippen MR) is 70.7 cm³/mol. The van der Waals surface area contributed by atoms with Crippen molar-refractivity contribution in [2.75, 3.05) is 7.11 Å². The average molecular weight is 260 g/mol. The molecular formula is C12H12N4OS. The van der Waals surface area contributed by atoms with E-state index in [1.165, 1.54) is 11.3 Å². The van der Waals surface area contributed by atoms with Crippen LogP contribution in [0.3, 0.4) is 0 Å². The molecule has 0 spiro atoms. The Bertz CT molecular complexity index is 688. The minimum atomic E-state index is 0.459. The number of fused-ring (bicyclic) bond motifs is 1. The number of aromatic nitrogens is 3. The maximum absolute atomic E-state index is 5.74. The van der Waals surface area contributed by atoms with Gasteiger partial charge in [0.05, 0.1) is 18.4 Å². The third-order valence-corrected chi connectivity index (χ3v) is 3.64. The summed E-state index contributed by atoms with van der Waals surface area (Å²) in [7, 11) is 1.65. The van der Waals surface area contributed by atoms with Crippen molar-refractivity contribution < 1.29 is 4.74 Å². The summed E-state index contributed by atoms with van der Waals surface area (Å²) in [5.41, 5.74) is 7.65. The van der Waals surface area contributed by atoms with Gasteiger partial charge in [-0.05, 0) is 12.1 Å². The number of methoxy groups -OCH3 is 1. The number of thiazole rings is 1. The highest BCUT2D eigenvalue weighted by molar-refractivity contribution is 7.15. The van der Waals surface area contributed by atoms with Crippen LogP contribution in [0.25, 0.3) is 16.3 Å². The summed E-state index contributed by atoms with van der Waals surface area (Å²) in [5.74, 6) is 1.55. The van der Waals surface area contributed by atoms with Crippen LogP contribution >= 0.6 is 11.3 Å². The average Bonchev–Trinajstić information content (AvgIpc) is 2.99. The van der Waals surface area contributed by atoms with Crippen molar-refractivity contribution in [3.05, 3.63) is 35.3 Å². The fraction of sp³-hybridized carbons (Fsp3) is 0.167. The lowest BCUT2D eigenvalue weighted by molar-refractivity contribution is 0.416. The molecule has 0 amide bonds. The van der Waals surface area contributed by atoms with Gasteiger partial charge in [-0.2, -0.15) is 0 Å². The van der Waals surface area contributed by atoms with Crippen molar-refractivity contribution in [3.8, 4) is 17.1 Å². The normalized spacial score (nSPS) is 11.0. The molecule has 0 bridgehead atoms. The van der Waals surface area contributed by atoms with Crippen LogP contribution in [-0.2, 0) is 6.54 Å². The summed E-state index contributed by atoms with van der Waals surface area (Å²) < 4.78 is 7.33. The summed E-state index contributed by atoms with van der Waals surface area (Å²) in [5, 5.41) is 10.4. The molecule has 3 aromatic rings. The van der Waals surface area contributed by atoms with Crippen molar-refractivity contribution in [3.63, 3.8) is 0 Å². The summed E-state index contributed by atoms with van der Waals surface area (Å²) in [6.45, 7) is 0.459. The summed E-state index contributed by atoms with van der Waals surface area (Å²) in [6.07, 6.45) is 0. The quantitative estimate of drug-likeness (QED) is 0.781. The van der Waals surface area contributed by atoms with Crippen LogP contribution in [-0.4, -0.2) is 21.7 Å². The van der Waals surface area contributed by atoms with Crippen LogP contribution in [0.4, 0.5) is 0 Å². The van der Waals surface area contributed by atoms with Crippen LogP contribution in [0.1, 0.15) is 5.69 Å². The first-order valence-corrected chi connectivity index (χ1v) is 6.38. The first-order valence-electron chi connectivity index (χ1n) is 5.50. The second-order valence-electron chi connectivity index (χ2n) is 3.77. The van der Waals surface area contributed by atoms with Crippen molar-refractivity contribution in [1.82, 2.24) is 14.6 Å². The maximum Gasteiger partial charge on any atom is 0.216 e. The fourth-order valence-electron chi connectivity index (χ4n) is 1.92. The number of nitrogens with zero attached hydrogens (tertiary/aromatic N) is 3. The molecule has 92 valence electrons. The van der Waals surface area contributed by atoms with Gasteiger partial charge in [0.25, 0.3) is 0 Å². The minimum absolute atomic E-state index is 0.459. The molecule has 0 aliphatic carbocycles. The second-order valence-corrected chi connectivity index (χ2v) is 4.61. The van der Waals surface area contributed by atoms with Gasteiger partial charge in [-0.1, -0.05) is 12.1 Å². The van der Waals surface area contributed by atoms with E-state index in [-0.39, 0.29) is 0 Å². The van der Waals surface area contributed by atoms with Gasteiger partial charge in [0, 0.05) is 11.9 Å². The third-order valence-electron chi connectivity index (χ3n) is 2.78. The van der Waals surface area contributed by atoms with E-state index in [9.17, 15) is 0 Å². The molecule has 5 nitrogen and oxygen atoms in total. The van der Waals surface area contributed by atoms with Crippen molar-refractivity contribution in [2.24, 2.45) is 5.73 Å². The topological polar surface area (TPSA) is 65.4 Å². The molecule has 6 heteroatoms. The number of hydrogen-bond donors (Lipinski definition) is 1. The van der Waals surface area contributed by atoms with E-state index < -0.39 is 0 Å². The molecule has 0 saturated heterocycles. The Hall–Kier alpha value is -1.92. The lowest BCUT2D eigenvalue weighted by atomic mass is 10.2. The van der Waals surface area contributed by atoms with E-state index in [0.717, 1.165) is 27.8 Å². The first kappa shape index (κ1) is 11.2. The molecule has 2 N–H and O–H groups in total. The molecule has 0 radical (unpaired) electrons. The zero-order valence-electron chi connectivity index (χ0n) is 9.83. The molecule has 0 aliphatic rings. The molecule has 1 aromatic carbocycles. The smallest absolute Gasteiger partial charge is 0.216 e.